The van der Waals surface area contributed by atoms with Crippen LogP contribution in [-0.4, -0.2) is 28.8 Å². The number of anilines is 1. The summed E-state index contributed by atoms with van der Waals surface area (Å²) in [5.41, 5.74) is 0.735. The summed E-state index contributed by atoms with van der Waals surface area (Å²) >= 11 is 1.31. The zero-order chi connectivity index (χ0) is 13.7. The van der Waals surface area contributed by atoms with Gasteiger partial charge in [0.25, 0.3) is 0 Å². The van der Waals surface area contributed by atoms with Crippen molar-refractivity contribution in [2.45, 2.75) is 18.6 Å². The van der Waals surface area contributed by atoms with Crippen molar-refractivity contribution in [2.75, 3.05) is 11.9 Å². The highest BCUT2D eigenvalue weighted by atomic mass is 32.2. The van der Waals surface area contributed by atoms with Crippen LogP contribution in [-0.2, 0) is 9.59 Å². The fourth-order valence-corrected chi connectivity index (χ4v) is 2.69. The largest absolute Gasteiger partial charge is 0.326 e. The quantitative estimate of drug-likeness (QED) is 0.878. The third-order valence-corrected chi connectivity index (χ3v) is 3.63. The molecule has 0 radical (unpaired) electrons. The minimum Gasteiger partial charge on any atom is -0.326 e. The molecule has 19 heavy (non-hydrogen) atoms. The Kier molecular flexibility index (Phi) is 4.57. The van der Waals surface area contributed by atoms with Gasteiger partial charge in [0.05, 0.1) is 0 Å². The number of carbonyl (C=O) groups excluding carboxylic acids is 2. The first-order valence-corrected chi connectivity index (χ1v) is 6.94. The average molecular weight is 277 g/mol. The summed E-state index contributed by atoms with van der Waals surface area (Å²) in [6.07, 6.45) is 0.147. The van der Waals surface area contributed by atoms with Crippen molar-refractivity contribution in [1.29, 1.82) is 0 Å². The fourth-order valence-electron chi connectivity index (χ4n) is 1.66. The van der Waals surface area contributed by atoms with E-state index in [0.717, 1.165) is 5.69 Å². The Balaban J connectivity index is 1.89. The van der Waals surface area contributed by atoms with Crippen LogP contribution < -0.4 is 10.6 Å². The molecule has 100 valence electrons. The summed E-state index contributed by atoms with van der Waals surface area (Å²) in [6, 6.07) is 9.19. The Morgan fingerprint density at radius 2 is 2.16 bits per heavy atom. The molecule has 5 nitrogen and oxygen atoms in total. The lowest BCUT2D eigenvalue weighted by Gasteiger charge is -2.06. The topological polar surface area (TPSA) is 70.6 Å². The second-order valence-electron chi connectivity index (χ2n) is 3.99. The van der Waals surface area contributed by atoms with E-state index in [-0.39, 0.29) is 18.2 Å². The van der Waals surface area contributed by atoms with E-state index >= 15 is 0 Å². The van der Waals surface area contributed by atoms with Gasteiger partial charge in [0.1, 0.15) is 5.25 Å². The summed E-state index contributed by atoms with van der Waals surface area (Å²) in [7, 11) is 0. The van der Waals surface area contributed by atoms with E-state index in [9.17, 15) is 9.59 Å². The molecule has 1 aliphatic heterocycles. The number of amidine groups is 1. The van der Waals surface area contributed by atoms with E-state index in [0.29, 0.717) is 11.7 Å². The van der Waals surface area contributed by atoms with Crippen LogP contribution in [0.3, 0.4) is 0 Å². The molecule has 0 aromatic heterocycles. The maximum atomic E-state index is 11.8. The number of thioether (sulfide) groups is 1. The van der Waals surface area contributed by atoms with Crippen LogP contribution >= 0.6 is 11.8 Å². The molecule has 2 N–H and O–H groups in total. The van der Waals surface area contributed by atoms with Crippen molar-refractivity contribution in [3.8, 4) is 0 Å². The van der Waals surface area contributed by atoms with E-state index in [4.69, 9.17) is 0 Å². The van der Waals surface area contributed by atoms with Gasteiger partial charge in [-0.3, -0.25) is 14.6 Å². The van der Waals surface area contributed by atoms with Crippen LogP contribution in [0, 0.1) is 0 Å². The monoisotopic (exact) mass is 277 g/mol. The molecule has 1 aromatic carbocycles. The zero-order valence-electron chi connectivity index (χ0n) is 10.6. The van der Waals surface area contributed by atoms with Gasteiger partial charge in [-0.25, -0.2) is 0 Å². The Morgan fingerprint density at radius 1 is 1.42 bits per heavy atom. The van der Waals surface area contributed by atoms with Gasteiger partial charge in [-0.15, -0.1) is 0 Å². The van der Waals surface area contributed by atoms with Crippen LogP contribution in [0.5, 0.6) is 0 Å². The SMILES string of the molecule is CCN=C1NC(=O)[C@H](CC(=O)Nc2ccccc2)S1. The van der Waals surface area contributed by atoms with E-state index < -0.39 is 5.25 Å². The summed E-state index contributed by atoms with van der Waals surface area (Å²) in [5, 5.41) is 5.64. The van der Waals surface area contributed by atoms with E-state index in [1.807, 2.05) is 37.3 Å². The molecule has 6 heteroatoms. The maximum Gasteiger partial charge on any atom is 0.240 e. The maximum absolute atomic E-state index is 11.8. The van der Waals surface area contributed by atoms with Crippen molar-refractivity contribution in [2.24, 2.45) is 4.99 Å². The number of hydrogen-bond donors (Lipinski definition) is 2. The van der Waals surface area contributed by atoms with Crippen molar-refractivity contribution in [3.63, 3.8) is 0 Å². The highest BCUT2D eigenvalue weighted by Crippen LogP contribution is 2.22. The van der Waals surface area contributed by atoms with Crippen molar-refractivity contribution in [3.05, 3.63) is 30.3 Å². The molecule has 0 bridgehead atoms. The summed E-state index contributed by atoms with van der Waals surface area (Å²) < 4.78 is 0. The Hall–Kier alpha value is -1.82. The first-order valence-electron chi connectivity index (χ1n) is 6.06. The highest BCUT2D eigenvalue weighted by Gasteiger charge is 2.31. The molecule has 0 spiro atoms. The number of benzene rings is 1. The predicted octanol–water partition coefficient (Wildman–Crippen LogP) is 1.62. The molecule has 1 aliphatic rings. The van der Waals surface area contributed by atoms with E-state index in [2.05, 4.69) is 15.6 Å². The van der Waals surface area contributed by atoms with E-state index in [1.54, 1.807) is 0 Å². The smallest absolute Gasteiger partial charge is 0.240 e. The lowest BCUT2D eigenvalue weighted by molar-refractivity contribution is -0.122. The van der Waals surface area contributed by atoms with Crippen LogP contribution in [0.1, 0.15) is 13.3 Å². The number of nitrogens with zero attached hydrogens (tertiary/aromatic N) is 1. The highest BCUT2D eigenvalue weighted by molar-refractivity contribution is 8.15. The van der Waals surface area contributed by atoms with Gasteiger partial charge in [0.15, 0.2) is 5.17 Å². The fraction of sp³-hybridized carbons (Fsp3) is 0.308. The molecule has 2 amide bonds. The van der Waals surface area contributed by atoms with Crippen molar-refractivity contribution >= 4 is 34.4 Å². The molecule has 1 fully saturated rings. The standard InChI is InChI=1S/C13H15N3O2S/c1-2-14-13-16-12(18)10(19-13)8-11(17)15-9-6-4-3-5-7-9/h3-7,10H,2,8H2,1H3,(H,15,17)(H,14,16,18)/t10-/m0/s1. The zero-order valence-corrected chi connectivity index (χ0v) is 11.4. The van der Waals surface area contributed by atoms with Gasteiger partial charge in [0.2, 0.25) is 11.8 Å². The minimum absolute atomic E-state index is 0.147. The molecule has 1 heterocycles. The van der Waals surface area contributed by atoms with Crippen LogP contribution in [0.25, 0.3) is 0 Å². The average Bonchev–Trinajstić information content (AvgIpc) is 2.71. The molecule has 1 saturated heterocycles. The van der Waals surface area contributed by atoms with Crippen LogP contribution in [0.2, 0.25) is 0 Å². The number of aliphatic imine (C=N–C) groups is 1. The summed E-state index contributed by atoms with van der Waals surface area (Å²) in [4.78, 5) is 27.6. The van der Waals surface area contributed by atoms with E-state index in [1.165, 1.54) is 11.8 Å². The molecule has 1 atom stereocenters. The number of amides is 2. The van der Waals surface area contributed by atoms with Crippen molar-refractivity contribution < 1.29 is 9.59 Å². The van der Waals surface area contributed by atoms with Gasteiger partial charge in [-0.2, -0.15) is 0 Å². The molecule has 0 aliphatic carbocycles. The van der Waals surface area contributed by atoms with Crippen molar-refractivity contribution in [1.82, 2.24) is 5.32 Å². The second kappa shape index (κ2) is 6.38. The number of rotatable bonds is 4. The number of carbonyl (C=O) groups is 2. The third kappa shape index (κ3) is 3.82. The molecule has 0 unspecified atom stereocenters. The molecule has 0 saturated carbocycles. The number of nitrogens with one attached hydrogen (secondary N) is 2. The molecule has 1 aromatic rings. The number of para-hydroxylation sites is 1. The summed E-state index contributed by atoms with van der Waals surface area (Å²) in [6.45, 7) is 2.51. The molecular formula is C13H15N3O2S. The molecular weight excluding hydrogens is 262 g/mol. The predicted molar refractivity (Wildman–Crippen MR) is 77.2 cm³/mol. The Labute approximate surface area is 115 Å². The molecule has 2 rings (SSSR count). The van der Waals surface area contributed by atoms with Gasteiger partial charge in [-0.1, -0.05) is 30.0 Å². The second-order valence-corrected chi connectivity index (χ2v) is 5.19. The van der Waals surface area contributed by atoms with Gasteiger partial charge < -0.3 is 10.6 Å². The van der Waals surface area contributed by atoms with Gasteiger partial charge >= 0.3 is 0 Å². The third-order valence-electron chi connectivity index (χ3n) is 2.51. The van der Waals surface area contributed by atoms with Crippen LogP contribution in [0.15, 0.2) is 35.3 Å². The lowest BCUT2D eigenvalue weighted by atomic mass is 10.2. The number of hydrogen-bond acceptors (Lipinski definition) is 4. The Morgan fingerprint density at radius 3 is 2.84 bits per heavy atom. The Bertz CT molecular complexity index is 502. The summed E-state index contributed by atoms with van der Waals surface area (Å²) in [5.74, 6) is -0.322. The minimum atomic E-state index is -0.394. The normalized spacial score (nSPS) is 20.4. The first kappa shape index (κ1) is 13.6. The lowest BCUT2D eigenvalue weighted by Crippen LogP contribution is -2.28. The first-order chi connectivity index (χ1) is 9.19. The van der Waals surface area contributed by atoms with Crippen LogP contribution in [0.4, 0.5) is 5.69 Å². The van der Waals surface area contributed by atoms with Gasteiger partial charge in [-0.05, 0) is 19.1 Å². The van der Waals surface area contributed by atoms with Gasteiger partial charge in [0, 0.05) is 18.7 Å².